The minimum atomic E-state index is -4.44. The average Bonchev–Trinajstić information content (AvgIpc) is 3.00. The molecule has 45 heavy (non-hydrogen) atoms. The zero-order valence-corrected chi connectivity index (χ0v) is 26.2. The fourth-order valence-electron chi connectivity index (χ4n) is 4.77. The van der Waals surface area contributed by atoms with Crippen LogP contribution in [0.15, 0.2) is 89.8 Å². The van der Waals surface area contributed by atoms with Crippen molar-refractivity contribution in [3.05, 3.63) is 128 Å². The Labute approximate surface area is 264 Å². The summed E-state index contributed by atoms with van der Waals surface area (Å²) < 4.78 is 64.0. The number of nitro benzene ring substituents is 1. The van der Waals surface area contributed by atoms with Gasteiger partial charge in [-0.3, -0.25) is 19.2 Å². The lowest BCUT2D eigenvalue weighted by molar-refractivity contribution is -0.385. The first-order chi connectivity index (χ1) is 21.3. The lowest BCUT2D eigenvalue weighted by atomic mass is 10.1. The third-order valence-corrected chi connectivity index (χ3v) is 9.21. The molecule has 1 unspecified atom stereocenters. The number of nitro groups is 1. The van der Waals surface area contributed by atoms with Crippen molar-refractivity contribution in [2.45, 2.75) is 31.2 Å². The van der Waals surface area contributed by atoms with Crippen LogP contribution in [0.2, 0.25) is 5.02 Å². The van der Waals surface area contributed by atoms with Crippen LogP contribution < -0.4 is 9.04 Å². The summed E-state index contributed by atoms with van der Waals surface area (Å²) in [6, 6.07) is 17.8. The van der Waals surface area contributed by atoms with E-state index in [1.807, 2.05) is 0 Å². The van der Waals surface area contributed by atoms with Gasteiger partial charge in [-0.15, -0.1) is 0 Å². The number of carbonyl (C=O) groups is 1. The molecule has 0 heterocycles. The monoisotopic (exact) mass is 657 g/mol. The largest absolute Gasteiger partial charge is 0.493 e. The minimum Gasteiger partial charge on any atom is -0.493 e. The molecule has 9 nitrogen and oxygen atoms in total. The fourth-order valence-corrected chi connectivity index (χ4v) is 6.53. The topological polar surface area (TPSA) is 110 Å². The van der Waals surface area contributed by atoms with E-state index < -0.39 is 44.2 Å². The Morgan fingerprint density at radius 1 is 1.02 bits per heavy atom. The lowest BCUT2D eigenvalue weighted by Gasteiger charge is -2.32. The van der Waals surface area contributed by atoms with Crippen molar-refractivity contribution in [3.8, 4) is 5.75 Å². The molecule has 4 aromatic rings. The maximum Gasteiger partial charge on any atom is 0.282 e. The number of carbonyl (C=O) groups excluding carboxylic acids is 1. The van der Waals surface area contributed by atoms with E-state index in [-0.39, 0.29) is 29.3 Å². The summed E-state index contributed by atoms with van der Waals surface area (Å²) in [6.07, 6.45) is 0.329. The third-order valence-electron chi connectivity index (χ3n) is 7.06. The number of para-hydroxylation sites is 1. The molecule has 0 saturated heterocycles. The van der Waals surface area contributed by atoms with Crippen LogP contribution >= 0.6 is 11.6 Å². The van der Waals surface area contributed by atoms with Crippen molar-refractivity contribution in [3.63, 3.8) is 0 Å². The Bertz CT molecular complexity index is 1820. The molecule has 0 aliphatic carbocycles. The van der Waals surface area contributed by atoms with Gasteiger partial charge >= 0.3 is 0 Å². The predicted molar refractivity (Wildman–Crippen MR) is 167 cm³/mol. The summed E-state index contributed by atoms with van der Waals surface area (Å²) in [5, 5.41) is 11.8. The maximum atomic E-state index is 15.1. The van der Waals surface area contributed by atoms with Gasteiger partial charge in [-0.25, -0.2) is 17.2 Å². The van der Waals surface area contributed by atoms with Crippen LogP contribution in [0.4, 0.5) is 20.2 Å². The van der Waals surface area contributed by atoms with Gasteiger partial charge in [0.1, 0.15) is 22.9 Å². The van der Waals surface area contributed by atoms with E-state index in [1.54, 1.807) is 37.3 Å². The molecule has 0 aromatic heterocycles. The number of rotatable bonds is 12. The van der Waals surface area contributed by atoms with Gasteiger partial charge < -0.3 is 9.64 Å². The summed E-state index contributed by atoms with van der Waals surface area (Å²) in [7, 11) is -2.92. The van der Waals surface area contributed by atoms with Crippen LogP contribution in [0.3, 0.4) is 0 Å². The Morgan fingerprint density at radius 2 is 1.71 bits per heavy atom. The Hall–Kier alpha value is -4.55. The minimum absolute atomic E-state index is 0.0280. The standard InChI is InChI=1S/C32H30ClF2N3O6S/c1-21-9-15-27(29(19-21)38(40)41)32(39)36(3)17-6-18-44-31-8-5-4-7-26(31)22(2)37(30-20-24(34)12-16-28(30)35)45(42,43)25-13-10-23(33)11-14-25/h4-5,7-16,19-20,22H,6,17-18H2,1-3H3. The summed E-state index contributed by atoms with van der Waals surface area (Å²) in [5.41, 5.74) is 0.233. The highest BCUT2D eigenvalue weighted by Crippen LogP contribution is 2.38. The molecular weight excluding hydrogens is 628 g/mol. The average molecular weight is 658 g/mol. The van der Waals surface area contributed by atoms with E-state index in [9.17, 15) is 27.7 Å². The van der Waals surface area contributed by atoms with Crippen molar-refractivity contribution >= 4 is 38.9 Å². The van der Waals surface area contributed by atoms with E-state index in [0.29, 0.717) is 28.3 Å². The smallest absolute Gasteiger partial charge is 0.282 e. The van der Waals surface area contributed by atoms with Crippen LogP contribution in [-0.2, 0) is 10.0 Å². The van der Waals surface area contributed by atoms with Crippen LogP contribution in [0, 0.1) is 28.7 Å². The summed E-state index contributed by atoms with van der Waals surface area (Å²) in [5.74, 6) is -1.99. The van der Waals surface area contributed by atoms with Gasteiger partial charge in [-0.05, 0) is 74.4 Å². The van der Waals surface area contributed by atoms with Gasteiger partial charge in [-0.1, -0.05) is 35.9 Å². The van der Waals surface area contributed by atoms with Gasteiger partial charge in [0.25, 0.3) is 21.6 Å². The number of amides is 1. The van der Waals surface area contributed by atoms with Crippen LogP contribution in [0.5, 0.6) is 5.75 Å². The number of nitrogens with zero attached hydrogens (tertiary/aromatic N) is 3. The lowest BCUT2D eigenvalue weighted by Crippen LogP contribution is -2.34. The molecule has 0 N–H and O–H groups in total. The molecular formula is C32H30ClF2N3O6S. The zero-order chi connectivity index (χ0) is 32.9. The quantitative estimate of drug-likeness (QED) is 0.0896. The fraction of sp³-hybridized carbons (Fsp3) is 0.219. The number of hydrogen-bond donors (Lipinski definition) is 0. The predicted octanol–water partition coefficient (Wildman–Crippen LogP) is 7.33. The highest BCUT2D eigenvalue weighted by Gasteiger charge is 2.34. The first-order valence-electron chi connectivity index (χ1n) is 13.8. The molecule has 0 fully saturated rings. The molecule has 13 heteroatoms. The number of anilines is 1. The number of benzene rings is 4. The Balaban J connectivity index is 1.56. The summed E-state index contributed by atoms with van der Waals surface area (Å²) in [6.45, 7) is 3.52. The van der Waals surface area contributed by atoms with Crippen molar-refractivity contribution in [2.75, 3.05) is 24.5 Å². The molecule has 0 bridgehead atoms. The molecule has 0 radical (unpaired) electrons. The van der Waals surface area contributed by atoms with Gasteiger partial charge in [0.2, 0.25) is 0 Å². The van der Waals surface area contributed by atoms with Crippen LogP contribution in [0.1, 0.15) is 40.9 Å². The second-order valence-electron chi connectivity index (χ2n) is 10.3. The number of sulfonamides is 1. The number of halogens is 3. The highest BCUT2D eigenvalue weighted by atomic mass is 35.5. The van der Waals surface area contributed by atoms with Gasteiger partial charge in [-0.2, -0.15) is 0 Å². The molecule has 4 rings (SSSR count). The van der Waals surface area contributed by atoms with Gasteiger partial charge in [0.15, 0.2) is 0 Å². The van der Waals surface area contributed by atoms with E-state index in [0.717, 1.165) is 22.5 Å². The van der Waals surface area contributed by atoms with Crippen molar-refractivity contribution < 1.29 is 31.7 Å². The molecule has 0 saturated carbocycles. The van der Waals surface area contributed by atoms with Crippen LogP contribution in [-0.4, -0.2) is 44.3 Å². The van der Waals surface area contributed by atoms with E-state index in [1.165, 1.54) is 55.3 Å². The molecule has 0 spiro atoms. The maximum absolute atomic E-state index is 15.1. The summed E-state index contributed by atoms with van der Waals surface area (Å²) >= 11 is 5.95. The number of ether oxygens (including phenoxy) is 1. The first kappa shape index (κ1) is 33.3. The normalized spacial score (nSPS) is 12.0. The Kier molecular flexibility index (Phi) is 10.4. The van der Waals surface area contributed by atoms with Gasteiger partial charge in [0, 0.05) is 36.3 Å². The summed E-state index contributed by atoms with van der Waals surface area (Å²) in [4.78, 5) is 25.0. The van der Waals surface area contributed by atoms with E-state index in [4.69, 9.17) is 16.3 Å². The highest BCUT2D eigenvalue weighted by molar-refractivity contribution is 7.92. The van der Waals surface area contributed by atoms with Crippen LogP contribution in [0.25, 0.3) is 0 Å². The van der Waals surface area contributed by atoms with Gasteiger partial charge in [0.05, 0.1) is 28.2 Å². The van der Waals surface area contributed by atoms with Crippen molar-refractivity contribution in [1.29, 1.82) is 0 Å². The third kappa shape index (κ3) is 7.58. The second-order valence-corrected chi connectivity index (χ2v) is 12.5. The van der Waals surface area contributed by atoms with Crippen molar-refractivity contribution in [2.24, 2.45) is 0 Å². The number of hydrogen-bond acceptors (Lipinski definition) is 6. The molecule has 236 valence electrons. The second kappa shape index (κ2) is 14.0. The molecule has 0 aliphatic rings. The van der Waals surface area contributed by atoms with E-state index in [2.05, 4.69) is 0 Å². The molecule has 1 amide bonds. The molecule has 0 aliphatic heterocycles. The van der Waals surface area contributed by atoms with Crippen molar-refractivity contribution in [1.82, 2.24) is 4.90 Å². The zero-order valence-electron chi connectivity index (χ0n) is 24.6. The molecule has 1 atom stereocenters. The Morgan fingerprint density at radius 3 is 2.40 bits per heavy atom. The first-order valence-corrected chi connectivity index (χ1v) is 15.6. The van der Waals surface area contributed by atoms with E-state index >= 15 is 4.39 Å². The SMILES string of the molecule is Cc1ccc(C(=O)N(C)CCCOc2ccccc2C(C)N(c2cc(F)ccc2F)S(=O)(=O)c2ccc(Cl)cc2)c([N+](=O)[O-])c1. The molecule has 4 aromatic carbocycles. The number of aryl methyl sites for hydroxylation is 1.